The molecular weight excluding hydrogens is 262 g/mol. The van der Waals surface area contributed by atoms with E-state index in [-0.39, 0.29) is 0 Å². The van der Waals surface area contributed by atoms with Crippen LogP contribution in [0.1, 0.15) is 12.8 Å². The molecule has 0 aromatic carbocycles. The van der Waals surface area contributed by atoms with Crippen molar-refractivity contribution in [3.63, 3.8) is 0 Å². The first-order valence-electron chi connectivity index (χ1n) is 5.07. The van der Waals surface area contributed by atoms with Crippen LogP contribution in [-0.4, -0.2) is 71.2 Å². The van der Waals surface area contributed by atoms with Gasteiger partial charge in [0.05, 0.1) is 0 Å². The number of aliphatic hydroxyl groups is 2. The molecule has 0 aromatic heterocycles. The van der Waals surface area contributed by atoms with E-state index >= 15 is 0 Å². The molecule has 112 valence electrons. The van der Waals surface area contributed by atoms with E-state index in [2.05, 4.69) is 5.32 Å². The van der Waals surface area contributed by atoms with Gasteiger partial charge in [-0.3, -0.25) is 0 Å². The fourth-order valence-electron chi connectivity index (χ4n) is 0.406. The molecule has 0 amide bonds. The van der Waals surface area contributed by atoms with Crippen molar-refractivity contribution in [3.05, 3.63) is 0 Å². The van der Waals surface area contributed by atoms with Crippen LogP contribution in [0.5, 0.6) is 0 Å². The highest BCUT2D eigenvalue weighted by molar-refractivity contribution is 5.83. The molecule has 9 heteroatoms. The van der Waals surface area contributed by atoms with Crippen LogP contribution in [0.3, 0.4) is 0 Å². The summed E-state index contributed by atoms with van der Waals surface area (Å²) in [4.78, 5) is 38.4. The topological polar surface area (TPSA) is 161 Å². The maximum atomic E-state index is 9.77. The Morgan fingerprint density at radius 3 is 1.26 bits per heavy atom. The van der Waals surface area contributed by atoms with Crippen LogP contribution >= 0.6 is 0 Å². The maximum absolute atomic E-state index is 9.77. The number of aldehydes is 2. The number of aliphatic carboxylic acids is 2. The quantitative estimate of drug-likeness (QED) is 0.270. The molecule has 0 spiro atoms. The van der Waals surface area contributed by atoms with Crippen molar-refractivity contribution in [3.8, 4) is 0 Å². The second-order valence-corrected chi connectivity index (χ2v) is 2.98. The fraction of sp³-hybridized carbons (Fsp3) is 0.600. The Balaban J connectivity index is -0.000000242. The Morgan fingerprint density at radius 1 is 0.947 bits per heavy atom. The van der Waals surface area contributed by atoms with Gasteiger partial charge in [-0.15, -0.1) is 0 Å². The SMILES string of the molecule is CNC.O=C(O)C(O)C(O)C(=O)O.O=CCCC=O. The molecule has 5 N–H and O–H groups in total. The number of carboxylic acid groups (broad SMARTS) is 2. The standard InChI is InChI=1S/C4H6O6.C4H6O2.C2H7N/c5-1(3(7)8)2(6)4(9)10;5-3-1-2-4-6;1-3-2/h1-2,5-6H,(H,7,8)(H,9,10);3-4H,1-2H2;3H,1-2H3. The molecule has 0 saturated heterocycles. The summed E-state index contributed by atoms with van der Waals surface area (Å²) < 4.78 is 0. The Hall–Kier alpha value is -1.84. The summed E-state index contributed by atoms with van der Waals surface area (Å²) in [6.07, 6.45) is -2.34. The number of hydrogen-bond acceptors (Lipinski definition) is 7. The number of carbonyl (C=O) groups is 4. The Morgan fingerprint density at radius 2 is 1.16 bits per heavy atom. The van der Waals surface area contributed by atoms with Crippen LogP contribution in [0, 0.1) is 0 Å². The highest BCUT2D eigenvalue weighted by atomic mass is 16.4. The summed E-state index contributed by atoms with van der Waals surface area (Å²) in [6, 6.07) is 0. The summed E-state index contributed by atoms with van der Waals surface area (Å²) in [6.45, 7) is 0. The van der Waals surface area contributed by atoms with Crippen molar-refractivity contribution < 1.29 is 39.6 Å². The van der Waals surface area contributed by atoms with Gasteiger partial charge in [-0.25, -0.2) is 9.59 Å². The van der Waals surface area contributed by atoms with Crippen LogP contribution < -0.4 is 5.32 Å². The summed E-state index contributed by atoms with van der Waals surface area (Å²) in [5.41, 5.74) is 0. The van der Waals surface area contributed by atoms with Crippen molar-refractivity contribution in [2.75, 3.05) is 14.1 Å². The molecule has 0 rings (SSSR count). The third-order valence-electron chi connectivity index (χ3n) is 1.21. The molecule has 2 unspecified atom stereocenters. The number of unbranched alkanes of at least 4 members (excludes halogenated alkanes) is 1. The van der Waals surface area contributed by atoms with Crippen molar-refractivity contribution in [1.29, 1.82) is 0 Å². The van der Waals surface area contributed by atoms with Gasteiger partial charge < -0.3 is 35.3 Å². The number of aliphatic hydroxyl groups excluding tert-OH is 2. The lowest BCUT2D eigenvalue weighted by atomic mass is 10.2. The van der Waals surface area contributed by atoms with E-state index in [1.807, 2.05) is 14.1 Å². The van der Waals surface area contributed by atoms with Gasteiger partial charge >= 0.3 is 11.9 Å². The fourth-order valence-corrected chi connectivity index (χ4v) is 0.406. The molecule has 0 heterocycles. The van der Waals surface area contributed by atoms with E-state index in [1.54, 1.807) is 0 Å². The first-order chi connectivity index (χ1) is 8.79. The predicted octanol–water partition coefficient (Wildman–Crippen LogP) is -2.12. The minimum Gasteiger partial charge on any atom is -0.479 e. The third kappa shape index (κ3) is 18.7. The summed E-state index contributed by atoms with van der Waals surface area (Å²) in [7, 11) is 3.75. The number of carboxylic acids is 2. The first kappa shape index (κ1) is 22.3. The van der Waals surface area contributed by atoms with E-state index in [0.29, 0.717) is 12.8 Å². The zero-order valence-corrected chi connectivity index (χ0v) is 10.6. The van der Waals surface area contributed by atoms with Gasteiger partial charge in [0, 0.05) is 12.8 Å². The highest BCUT2D eigenvalue weighted by Crippen LogP contribution is 1.92. The Kier molecular flexibility index (Phi) is 19.0. The van der Waals surface area contributed by atoms with Crippen molar-refractivity contribution in [2.24, 2.45) is 0 Å². The lowest BCUT2D eigenvalue weighted by Crippen LogP contribution is -2.39. The van der Waals surface area contributed by atoms with Crippen LogP contribution in [0.15, 0.2) is 0 Å². The summed E-state index contributed by atoms with van der Waals surface area (Å²) in [5.74, 6) is -3.54. The minimum absolute atomic E-state index is 0.365. The molecule has 0 saturated carbocycles. The second kappa shape index (κ2) is 16.2. The molecule has 0 aliphatic carbocycles. The molecule has 19 heavy (non-hydrogen) atoms. The monoisotopic (exact) mass is 281 g/mol. The number of nitrogens with one attached hydrogen (secondary N) is 1. The minimum atomic E-state index is -2.27. The molecule has 0 aromatic rings. The molecule has 0 aliphatic heterocycles. The van der Waals surface area contributed by atoms with Crippen LogP contribution in [0.2, 0.25) is 0 Å². The van der Waals surface area contributed by atoms with E-state index < -0.39 is 24.1 Å². The van der Waals surface area contributed by atoms with Gasteiger partial charge in [-0.05, 0) is 14.1 Å². The zero-order chi connectivity index (χ0) is 15.8. The van der Waals surface area contributed by atoms with Gasteiger partial charge in [0.2, 0.25) is 0 Å². The van der Waals surface area contributed by atoms with Crippen molar-refractivity contribution >= 4 is 24.5 Å². The van der Waals surface area contributed by atoms with E-state index in [1.165, 1.54) is 0 Å². The molecular formula is C10H19NO8. The number of rotatable bonds is 6. The van der Waals surface area contributed by atoms with Crippen molar-refractivity contribution in [2.45, 2.75) is 25.0 Å². The first-order valence-corrected chi connectivity index (χ1v) is 5.07. The lowest BCUT2D eigenvalue weighted by molar-refractivity contribution is -0.165. The third-order valence-corrected chi connectivity index (χ3v) is 1.21. The highest BCUT2D eigenvalue weighted by Gasteiger charge is 2.29. The largest absolute Gasteiger partial charge is 0.479 e. The predicted molar refractivity (Wildman–Crippen MR) is 63.6 cm³/mol. The van der Waals surface area contributed by atoms with Crippen LogP contribution in [0.25, 0.3) is 0 Å². The van der Waals surface area contributed by atoms with Crippen molar-refractivity contribution in [1.82, 2.24) is 5.32 Å². The lowest BCUT2D eigenvalue weighted by Gasteiger charge is -2.07. The van der Waals surface area contributed by atoms with Crippen LogP contribution in [-0.2, 0) is 19.2 Å². The smallest absolute Gasteiger partial charge is 0.335 e. The summed E-state index contributed by atoms with van der Waals surface area (Å²) in [5, 5.41) is 35.3. The van der Waals surface area contributed by atoms with Gasteiger partial charge in [0.15, 0.2) is 12.2 Å². The van der Waals surface area contributed by atoms with Gasteiger partial charge in [-0.2, -0.15) is 0 Å². The van der Waals surface area contributed by atoms with E-state index in [9.17, 15) is 19.2 Å². The van der Waals surface area contributed by atoms with E-state index in [0.717, 1.165) is 12.6 Å². The van der Waals surface area contributed by atoms with Gasteiger partial charge in [0.25, 0.3) is 0 Å². The van der Waals surface area contributed by atoms with Gasteiger partial charge in [-0.1, -0.05) is 0 Å². The molecule has 0 aliphatic rings. The molecule has 9 nitrogen and oxygen atoms in total. The normalized spacial score (nSPS) is 11.6. The molecule has 0 radical (unpaired) electrons. The zero-order valence-electron chi connectivity index (χ0n) is 10.6. The van der Waals surface area contributed by atoms with E-state index in [4.69, 9.17) is 20.4 Å². The Bertz CT molecular complexity index is 242. The molecule has 2 atom stereocenters. The number of carbonyl (C=O) groups excluding carboxylic acids is 2. The molecule has 0 fully saturated rings. The van der Waals surface area contributed by atoms with Gasteiger partial charge in [0.1, 0.15) is 12.6 Å². The number of hydrogen-bond donors (Lipinski definition) is 5. The second-order valence-electron chi connectivity index (χ2n) is 2.98. The maximum Gasteiger partial charge on any atom is 0.335 e. The average Bonchev–Trinajstić information content (AvgIpc) is 2.35. The Labute approximate surface area is 109 Å². The summed E-state index contributed by atoms with van der Waals surface area (Å²) >= 11 is 0. The molecule has 0 bridgehead atoms. The average molecular weight is 281 g/mol. The van der Waals surface area contributed by atoms with Crippen LogP contribution in [0.4, 0.5) is 0 Å².